The van der Waals surface area contributed by atoms with E-state index in [0.29, 0.717) is 5.92 Å². The maximum atomic E-state index is 9.49. The fraction of sp³-hybridized carbons (Fsp3) is 0.455. The number of fused-ring (bicyclic) bond motifs is 5. The highest BCUT2D eigenvalue weighted by Gasteiger charge is 2.40. The van der Waals surface area contributed by atoms with Crippen LogP contribution < -0.4 is 4.74 Å². The second-order valence-electron chi connectivity index (χ2n) is 7.31. The molecule has 3 atom stereocenters. The van der Waals surface area contributed by atoms with Crippen LogP contribution in [-0.4, -0.2) is 37.2 Å². The Labute approximate surface area is 156 Å². The van der Waals surface area contributed by atoms with E-state index in [4.69, 9.17) is 9.47 Å². The third-order valence-corrected chi connectivity index (χ3v) is 5.96. The topological polar surface area (TPSA) is 37.5 Å². The summed E-state index contributed by atoms with van der Waals surface area (Å²) >= 11 is 0. The Morgan fingerprint density at radius 1 is 1.42 bits per heavy atom. The van der Waals surface area contributed by atoms with Crippen molar-refractivity contribution in [3.63, 3.8) is 0 Å². The van der Waals surface area contributed by atoms with E-state index in [1.165, 1.54) is 11.1 Å². The maximum absolute atomic E-state index is 9.49. The number of nitrogens with zero attached hydrogens (tertiary/aromatic N) is 1. The fourth-order valence-corrected chi connectivity index (χ4v) is 4.67. The largest absolute Gasteiger partial charge is 0.504 e. The first-order valence-electron chi connectivity index (χ1n) is 9.78. The number of rotatable bonds is 4. The monoisotopic (exact) mass is 353 g/mol. The molecular weight excluding hydrogens is 324 g/mol. The van der Waals surface area contributed by atoms with E-state index >= 15 is 0 Å². The molecule has 0 aliphatic carbocycles. The first-order chi connectivity index (χ1) is 13.0. The third kappa shape index (κ3) is 2.64. The van der Waals surface area contributed by atoms with Crippen molar-refractivity contribution in [1.82, 2.24) is 9.88 Å². The summed E-state index contributed by atoms with van der Waals surface area (Å²) in [5.41, 5.74) is 4.48. The predicted molar refractivity (Wildman–Crippen MR) is 105 cm³/mol. The quantitative estimate of drug-likeness (QED) is 0.652. The fourth-order valence-electron chi connectivity index (χ4n) is 4.67. The van der Waals surface area contributed by atoms with Crippen LogP contribution >= 0.6 is 0 Å². The van der Waals surface area contributed by atoms with Crippen LogP contribution in [0, 0.1) is 11.8 Å². The molecule has 1 N–H and O–H groups in total. The Bertz CT molecular complexity index is 903. The number of methoxy groups -OCH3 is 2. The van der Waals surface area contributed by atoms with E-state index in [9.17, 15) is 1.37 Å². The molecule has 0 unspecified atom stereocenters. The molecule has 4 rings (SSSR count). The van der Waals surface area contributed by atoms with Gasteiger partial charge in [0.2, 0.25) is 0 Å². The zero-order valence-electron chi connectivity index (χ0n) is 16.8. The minimum Gasteiger partial charge on any atom is -0.504 e. The molecule has 3 heterocycles. The molecular formula is C22H28N2O2. The zero-order valence-corrected chi connectivity index (χ0v) is 15.8. The summed E-state index contributed by atoms with van der Waals surface area (Å²) in [6, 6.07) is 5.31. The standard InChI is InChI=1S/C22H28N2O2/c1-5-15-12-24-10-9-16-21-18(7-6-8-20(21)26-4)23-22(16)19(24)11-17(15)14(2)13-25-3/h5-8,13,15,17,19,23H,1,9-12H2,2-4H3/b14-13-/t15-,17+,19-/m0/s1/i19D. The van der Waals surface area contributed by atoms with Crippen molar-refractivity contribution in [1.29, 1.82) is 0 Å². The minimum atomic E-state index is -0.773. The molecule has 2 aromatic rings. The highest BCUT2D eigenvalue weighted by atomic mass is 16.5. The van der Waals surface area contributed by atoms with Gasteiger partial charge in [0.15, 0.2) is 0 Å². The van der Waals surface area contributed by atoms with Gasteiger partial charge in [0.1, 0.15) is 5.75 Å². The number of hydrogen-bond donors (Lipinski definition) is 1. The van der Waals surface area contributed by atoms with Crippen LogP contribution in [-0.2, 0) is 11.2 Å². The SMILES string of the molecule is [2H][C@@]12C[C@H](/C(C)=C\OC)[C@@H](C=C)CN1CCc1c2[nH]c2cccc(OC)c12. The molecule has 0 saturated carbocycles. The summed E-state index contributed by atoms with van der Waals surface area (Å²) < 4.78 is 20.4. The Balaban J connectivity index is 1.83. The van der Waals surface area contributed by atoms with Gasteiger partial charge in [0, 0.05) is 29.7 Å². The van der Waals surface area contributed by atoms with E-state index in [2.05, 4.69) is 29.5 Å². The van der Waals surface area contributed by atoms with E-state index < -0.39 is 6.02 Å². The van der Waals surface area contributed by atoms with Crippen LogP contribution in [0.25, 0.3) is 10.9 Å². The Morgan fingerprint density at radius 2 is 2.27 bits per heavy atom. The summed E-state index contributed by atoms with van der Waals surface area (Å²) in [5, 5.41) is 1.13. The third-order valence-electron chi connectivity index (χ3n) is 5.96. The number of aromatic amines is 1. The van der Waals surface area contributed by atoms with Crippen molar-refractivity contribution >= 4 is 10.9 Å². The van der Waals surface area contributed by atoms with E-state index in [1.54, 1.807) is 14.2 Å². The number of ether oxygens (including phenoxy) is 2. The van der Waals surface area contributed by atoms with Crippen LogP contribution in [0.15, 0.2) is 42.7 Å². The molecule has 1 aromatic carbocycles. The number of H-pyrrole nitrogens is 1. The number of allylic oxidation sites excluding steroid dienone is 1. The maximum Gasteiger partial charge on any atom is 0.128 e. The van der Waals surface area contributed by atoms with Crippen molar-refractivity contribution in [2.24, 2.45) is 11.8 Å². The molecule has 1 fully saturated rings. The highest BCUT2D eigenvalue weighted by molar-refractivity contribution is 5.91. The molecule has 26 heavy (non-hydrogen) atoms. The van der Waals surface area contributed by atoms with Gasteiger partial charge < -0.3 is 14.5 Å². The molecule has 4 heteroatoms. The van der Waals surface area contributed by atoms with E-state index in [-0.39, 0.29) is 5.92 Å². The lowest BCUT2D eigenvalue weighted by Crippen LogP contribution is -2.45. The van der Waals surface area contributed by atoms with Crippen LogP contribution in [0.4, 0.5) is 0 Å². The van der Waals surface area contributed by atoms with Gasteiger partial charge in [-0.15, -0.1) is 6.58 Å². The van der Waals surface area contributed by atoms with Gasteiger partial charge in [0.25, 0.3) is 0 Å². The van der Waals surface area contributed by atoms with Gasteiger partial charge in [-0.05, 0) is 54.9 Å². The van der Waals surface area contributed by atoms with Crippen LogP contribution in [0.1, 0.15) is 32.0 Å². The van der Waals surface area contributed by atoms with Crippen LogP contribution in [0.2, 0.25) is 0 Å². The van der Waals surface area contributed by atoms with E-state index in [1.807, 2.05) is 24.5 Å². The van der Waals surface area contributed by atoms with Gasteiger partial charge in [-0.2, -0.15) is 0 Å². The lowest BCUT2D eigenvalue weighted by molar-refractivity contribution is 0.0822. The number of hydrogen-bond acceptors (Lipinski definition) is 3. The summed E-state index contributed by atoms with van der Waals surface area (Å²) in [6.45, 7) is 7.88. The normalized spacial score (nSPS) is 29.7. The lowest BCUT2D eigenvalue weighted by Gasteiger charge is -2.46. The van der Waals surface area contributed by atoms with Gasteiger partial charge in [-0.1, -0.05) is 12.1 Å². The Hall–Kier alpha value is -2.20. The summed E-state index contributed by atoms with van der Waals surface area (Å²) in [7, 11) is 3.39. The first kappa shape index (κ1) is 16.0. The average molecular weight is 353 g/mol. The van der Waals surface area contributed by atoms with Gasteiger partial charge >= 0.3 is 0 Å². The molecule has 1 saturated heterocycles. The first-order valence-corrected chi connectivity index (χ1v) is 9.28. The molecule has 4 nitrogen and oxygen atoms in total. The zero-order chi connectivity index (χ0) is 19.2. The summed E-state index contributed by atoms with van der Waals surface area (Å²) in [6.07, 6.45) is 5.51. The second kappa shape index (κ2) is 6.84. The second-order valence-corrected chi connectivity index (χ2v) is 7.31. The van der Waals surface area contributed by atoms with Crippen molar-refractivity contribution in [2.45, 2.75) is 25.8 Å². The van der Waals surface area contributed by atoms with Crippen molar-refractivity contribution < 1.29 is 10.8 Å². The minimum absolute atomic E-state index is 0.246. The summed E-state index contributed by atoms with van der Waals surface area (Å²) in [4.78, 5) is 5.87. The Kier molecular flexibility index (Phi) is 4.21. The molecule has 2 aliphatic heterocycles. The van der Waals surface area contributed by atoms with Gasteiger partial charge in [-0.3, -0.25) is 4.90 Å². The smallest absolute Gasteiger partial charge is 0.128 e. The molecule has 0 spiro atoms. The highest BCUT2D eigenvalue weighted by Crippen LogP contribution is 2.46. The molecule has 0 radical (unpaired) electrons. The number of nitrogens with one attached hydrogen (secondary N) is 1. The van der Waals surface area contributed by atoms with Gasteiger partial charge in [-0.25, -0.2) is 0 Å². The van der Waals surface area contributed by atoms with E-state index in [0.717, 1.165) is 48.3 Å². The molecule has 1 aromatic heterocycles. The van der Waals surface area contributed by atoms with Crippen molar-refractivity contribution in [2.75, 3.05) is 27.3 Å². The van der Waals surface area contributed by atoms with Crippen molar-refractivity contribution in [3.8, 4) is 5.75 Å². The van der Waals surface area contributed by atoms with Gasteiger partial charge in [0.05, 0.1) is 27.9 Å². The lowest BCUT2D eigenvalue weighted by atomic mass is 9.75. The molecule has 2 aliphatic rings. The average Bonchev–Trinajstić information content (AvgIpc) is 3.07. The predicted octanol–water partition coefficient (Wildman–Crippen LogP) is 4.45. The molecule has 0 amide bonds. The van der Waals surface area contributed by atoms with Crippen LogP contribution in [0.3, 0.4) is 0 Å². The number of benzene rings is 1. The molecule has 138 valence electrons. The number of piperidine rings is 1. The van der Waals surface area contributed by atoms with Crippen molar-refractivity contribution in [3.05, 3.63) is 53.9 Å². The van der Waals surface area contributed by atoms with Crippen LogP contribution in [0.5, 0.6) is 5.75 Å². The Morgan fingerprint density at radius 3 is 3.00 bits per heavy atom. The number of aromatic nitrogens is 1. The molecule has 0 bridgehead atoms. The summed E-state index contributed by atoms with van der Waals surface area (Å²) in [5.74, 6) is 1.46.